The number of carbonyl (C=O) groups excluding carboxylic acids is 1. The van der Waals surface area contributed by atoms with Gasteiger partial charge in [-0.3, -0.25) is 9.78 Å². The van der Waals surface area contributed by atoms with E-state index in [2.05, 4.69) is 20.3 Å². The molecule has 0 spiro atoms. The first-order chi connectivity index (χ1) is 11.9. The number of hydrogen-bond acceptors (Lipinski definition) is 5. The molecule has 25 heavy (non-hydrogen) atoms. The number of fused-ring (bicyclic) bond motifs is 1. The largest absolute Gasteiger partial charge is 0.355 e. The molecule has 1 aromatic heterocycles. The van der Waals surface area contributed by atoms with Crippen molar-refractivity contribution in [2.75, 3.05) is 13.1 Å². The molecule has 134 valence electrons. The minimum Gasteiger partial charge on any atom is -0.355 e. The van der Waals surface area contributed by atoms with E-state index >= 15 is 0 Å². The smallest absolute Gasteiger partial charge is 0.241 e. The van der Waals surface area contributed by atoms with Crippen LogP contribution in [0.1, 0.15) is 18.9 Å². The molecule has 2 aromatic rings. The van der Waals surface area contributed by atoms with Gasteiger partial charge in [0.15, 0.2) is 0 Å². The molecule has 3 rings (SSSR count). The zero-order valence-corrected chi connectivity index (χ0v) is 15.1. The van der Waals surface area contributed by atoms with E-state index in [0.29, 0.717) is 24.9 Å². The summed E-state index contributed by atoms with van der Waals surface area (Å²) in [4.78, 5) is 15.4. The van der Waals surface area contributed by atoms with E-state index in [1.165, 1.54) is 6.92 Å². The average molecular weight is 362 g/mol. The lowest BCUT2D eigenvalue weighted by Crippen LogP contribution is -2.36. The van der Waals surface area contributed by atoms with Crippen LogP contribution < -0.4 is 15.4 Å². The summed E-state index contributed by atoms with van der Waals surface area (Å²) in [6, 6.07) is 5.06. The van der Waals surface area contributed by atoms with Crippen LogP contribution in [-0.4, -0.2) is 44.5 Å². The van der Waals surface area contributed by atoms with Gasteiger partial charge in [0.1, 0.15) is 0 Å². The van der Waals surface area contributed by atoms with Crippen LogP contribution >= 0.6 is 0 Å². The number of benzene rings is 1. The number of amides is 1. The Morgan fingerprint density at radius 2 is 2.16 bits per heavy atom. The lowest BCUT2D eigenvalue weighted by Gasteiger charge is -2.15. The normalized spacial score (nSPS) is 20.7. The van der Waals surface area contributed by atoms with Crippen molar-refractivity contribution >= 4 is 26.7 Å². The summed E-state index contributed by atoms with van der Waals surface area (Å²) in [7, 11) is -3.65. The molecule has 0 aliphatic carbocycles. The van der Waals surface area contributed by atoms with Gasteiger partial charge in [-0.25, -0.2) is 13.1 Å². The van der Waals surface area contributed by atoms with Crippen molar-refractivity contribution in [2.45, 2.75) is 37.2 Å². The Kier molecular flexibility index (Phi) is 5.03. The average Bonchev–Trinajstić information content (AvgIpc) is 2.99. The zero-order valence-electron chi connectivity index (χ0n) is 14.2. The highest BCUT2D eigenvalue weighted by atomic mass is 32.2. The Morgan fingerprint density at radius 3 is 2.92 bits per heavy atom. The Balaban J connectivity index is 1.79. The minimum absolute atomic E-state index is 0.0649. The third-order valence-corrected chi connectivity index (χ3v) is 5.93. The van der Waals surface area contributed by atoms with E-state index in [9.17, 15) is 13.2 Å². The summed E-state index contributed by atoms with van der Waals surface area (Å²) < 4.78 is 28.6. The summed E-state index contributed by atoms with van der Waals surface area (Å²) in [5, 5.41) is 7.48. The quantitative estimate of drug-likeness (QED) is 0.727. The van der Waals surface area contributed by atoms with Gasteiger partial charge in [-0.2, -0.15) is 0 Å². The van der Waals surface area contributed by atoms with Gasteiger partial charge in [0.2, 0.25) is 15.9 Å². The first-order valence-electron chi connectivity index (χ1n) is 8.20. The molecular formula is C17H22N4O3S. The van der Waals surface area contributed by atoms with Gasteiger partial charge in [0.25, 0.3) is 0 Å². The summed E-state index contributed by atoms with van der Waals surface area (Å²) in [6.07, 6.45) is 3.97. The Hall–Kier alpha value is -2.03. The highest BCUT2D eigenvalue weighted by Crippen LogP contribution is 2.25. The molecule has 7 nitrogen and oxygen atoms in total. The standard InChI is InChI=1S/C17H22N4O3S/c1-11-7-18-8-13-4-3-5-16(17(11)13)25(23,24)21-15-6-14(20-10-15)9-19-12(2)22/h3-5,7-8,14-15,20-21H,6,9-10H2,1-2H3,(H,19,22)/t14-,15+/m0/s1. The molecule has 1 amide bonds. The van der Waals surface area contributed by atoms with Crippen LogP contribution in [0.2, 0.25) is 0 Å². The topological polar surface area (TPSA) is 100 Å². The number of aryl methyl sites for hydroxylation is 1. The van der Waals surface area contributed by atoms with Crippen molar-refractivity contribution in [3.63, 3.8) is 0 Å². The van der Waals surface area contributed by atoms with E-state index in [1.807, 2.05) is 13.0 Å². The molecule has 1 aliphatic rings. The predicted octanol–water partition coefficient (Wildman–Crippen LogP) is 0.688. The van der Waals surface area contributed by atoms with Gasteiger partial charge in [0.05, 0.1) is 4.90 Å². The molecule has 8 heteroatoms. The molecule has 1 aliphatic heterocycles. The molecule has 3 N–H and O–H groups in total. The van der Waals surface area contributed by atoms with Crippen molar-refractivity contribution in [3.8, 4) is 0 Å². The molecule has 0 bridgehead atoms. The van der Waals surface area contributed by atoms with Crippen LogP contribution in [0.5, 0.6) is 0 Å². The highest BCUT2D eigenvalue weighted by molar-refractivity contribution is 7.89. The first-order valence-corrected chi connectivity index (χ1v) is 9.68. The minimum atomic E-state index is -3.65. The van der Waals surface area contributed by atoms with E-state index in [0.717, 1.165) is 10.9 Å². The molecule has 0 saturated carbocycles. The van der Waals surface area contributed by atoms with Crippen molar-refractivity contribution in [1.82, 2.24) is 20.3 Å². The third kappa shape index (κ3) is 3.97. The summed E-state index contributed by atoms with van der Waals surface area (Å²) >= 11 is 0. The Bertz CT molecular complexity index is 893. The van der Waals surface area contributed by atoms with Crippen LogP contribution in [0.25, 0.3) is 10.8 Å². The molecule has 0 radical (unpaired) electrons. The maximum absolute atomic E-state index is 12.9. The molecule has 2 heterocycles. The summed E-state index contributed by atoms with van der Waals surface area (Å²) in [5.74, 6) is -0.0920. The number of sulfonamides is 1. The Labute approximate surface area is 147 Å². The molecule has 1 fully saturated rings. The van der Waals surface area contributed by atoms with Crippen LogP contribution in [0, 0.1) is 6.92 Å². The van der Waals surface area contributed by atoms with Crippen LogP contribution in [0.3, 0.4) is 0 Å². The second kappa shape index (κ2) is 7.07. The number of nitrogens with one attached hydrogen (secondary N) is 3. The van der Waals surface area contributed by atoms with E-state index < -0.39 is 10.0 Å². The maximum Gasteiger partial charge on any atom is 0.241 e. The van der Waals surface area contributed by atoms with E-state index in [1.54, 1.807) is 24.5 Å². The van der Waals surface area contributed by atoms with Crippen LogP contribution in [-0.2, 0) is 14.8 Å². The van der Waals surface area contributed by atoms with E-state index in [4.69, 9.17) is 0 Å². The second-order valence-corrected chi connectivity index (χ2v) is 8.09. The second-order valence-electron chi connectivity index (χ2n) is 6.41. The molecule has 0 unspecified atom stereocenters. The Morgan fingerprint density at radius 1 is 1.36 bits per heavy atom. The summed E-state index contributed by atoms with van der Waals surface area (Å²) in [6.45, 7) is 4.35. The molecule has 1 saturated heterocycles. The fourth-order valence-electron chi connectivity index (χ4n) is 3.21. The number of rotatable bonds is 5. The van der Waals surface area contributed by atoms with Gasteiger partial charge < -0.3 is 10.6 Å². The molecular weight excluding hydrogens is 340 g/mol. The van der Waals surface area contributed by atoms with Gasteiger partial charge in [-0.1, -0.05) is 12.1 Å². The van der Waals surface area contributed by atoms with Crippen LogP contribution in [0.15, 0.2) is 35.5 Å². The number of nitrogens with zero attached hydrogens (tertiary/aromatic N) is 1. The lowest BCUT2D eigenvalue weighted by atomic mass is 10.1. The van der Waals surface area contributed by atoms with Gasteiger partial charge in [-0.15, -0.1) is 0 Å². The van der Waals surface area contributed by atoms with Crippen molar-refractivity contribution in [3.05, 3.63) is 36.2 Å². The SMILES string of the molecule is CC(=O)NC[C@@H]1C[C@@H](NS(=O)(=O)c2cccc3cncc(C)c23)CN1. The molecule has 2 atom stereocenters. The first kappa shape index (κ1) is 17.8. The molecule has 1 aromatic carbocycles. The zero-order chi connectivity index (χ0) is 18.0. The van der Waals surface area contributed by atoms with Gasteiger partial charge in [-0.05, 0) is 25.0 Å². The highest BCUT2D eigenvalue weighted by Gasteiger charge is 2.29. The van der Waals surface area contributed by atoms with Gasteiger partial charge >= 0.3 is 0 Å². The van der Waals surface area contributed by atoms with Crippen molar-refractivity contribution in [2.24, 2.45) is 0 Å². The number of carbonyl (C=O) groups is 1. The predicted molar refractivity (Wildman–Crippen MR) is 95.7 cm³/mol. The summed E-state index contributed by atoms with van der Waals surface area (Å²) in [5.41, 5.74) is 0.826. The fraction of sp³-hybridized carbons (Fsp3) is 0.412. The maximum atomic E-state index is 12.9. The fourth-order valence-corrected chi connectivity index (χ4v) is 4.76. The van der Waals surface area contributed by atoms with Crippen LogP contribution in [0.4, 0.5) is 0 Å². The number of aromatic nitrogens is 1. The van der Waals surface area contributed by atoms with Gasteiger partial charge in [0, 0.05) is 55.3 Å². The third-order valence-electron chi connectivity index (χ3n) is 4.37. The number of pyridine rings is 1. The lowest BCUT2D eigenvalue weighted by molar-refractivity contribution is -0.119. The van der Waals surface area contributed by atoms with Crippen molar-refractivity contribution in [1.29, 1.82) is 0 Å². The monoisotopic (exact) mass is 362 g/mol. The number of hydrogen-bond donors (Lipinski definition) is 3. The van der Waals surface area contributed by atoms with E-state index in [-0.39, 0.29) is 22.9 Å². The van der Waals surface area contributed by atoms with Crippen molar-refractivity contribution < 1.29 is 13.2 Å².